The molecule has 0 spiro atoms. The van der Waals surface area contributed by atoms with Crippen LogP contribution in [0.1, 0.15) is 39.0 Å². The molecule has 1 rings (SSSR count). The van der Waals surface area contributed by atoms with E-state index in [2.05, 4.69) is 5.32 Å². The van der Waals surface area contributed by atoms with Crippen LogP contribution in [0.25, 0.3) is 0 Å². The Bertz CT molecular complexity index is 248. The van der Waals surface area contributed by atoms with Crippen molar-refractivity contribution in [2.24, 2.45) is 0 Å². The minimum atomic E-state index is -1.05. The molecule has 92 valence electrons. The monoisotopic (exact) mass is 229 g/mol. The summed E-state index contributed by atoms with van der Waals surface area (Å²) in [4.78, 5) is 21.9. The second-order valence-electron chi connectivity index (χ2n) is 4.19. The van der Waals surface area contributed by atoms with Crippen LogP contribution in [-0.4, -0.2) is 35.7 Å². The molecule has 0 radical (unpaired) electrons. The van der Waals surface area contributed by atoms with Gasteiger partial charge >= 0.3 is 5.97 Å². The van der Waals surface area contributed by atoms with Crippen LogP contribution in [0.5, 0.6) is 0 Å². The van der Waals surface area contributed by atoms with E-state index >= 15 is 0 Å². The predicted molar refractivity (Wildman–Crippen MR) is 58.1 cm³/mol. The summed E-state index contributed by atoms with van der Waals surface area (Å²) in [6.45, 7) is 1.24. The van der Waals surface area contributed by atoms with Gasteiger partial charge in [-0.25, -0.2) is 4.79 Å². The first-order chi connectivity index (χ1) is 7.59. The van der Waals surface area contributed by atoms with Gasteiger partial charge in [-0.2, -0.15) is 0 Å². The number of hydrogen-bond acceptors (Lipinski definition) is 3. The number of aliphatic carboxylic acids is 1. The van der Waals surface area contributed by atoms with Crippen LogP contribution in [0.3, 0.4) is 0 Å². The average molecular weight is 229 g/mol. The lowest BCUT2D eigenvalue weighted by Gasteiger charge is -2.22. The van der Waals surface area contributed by atoms with Crippen LogP contribution >= 0.6 is 0 Å². The first-order valence-corrected chi connectivity index (χ1v) is 5.73. The molecule has 1 atom stereocenters. The molecule has 1 aliphatic carbocycles. The third-order valence-corrected chi connectivity index (χ3v) is 2.78. The number of carbonyl (C=O) groups is 2. The fourth-order valence-corrected chi connectivity index (χ4v) is 1.79. The van der Waals surface area contributed by atoms with E-state index < -0.39 is 12.1 Å². The van der Waals surface area contributed by atoms with E-state index in [9.17, 15) is 9.59 Å². The summed E-state index contributed by atoms with van der Waals surface area (Å²) in [5.74, 6) is -1.27. The molecule has 1 aliphatic rings. The summed E-state index contributed by atoms with van der Waals surface area (Å²) in [5, 5.41) is 11.4. The number of rotatable bonds is 5. The van der Waals surface area contributed by atoms with Gasteiger partial charge in [0.25, 0.3) is 0 Å². The van der Waals surface area contributed by atoms with Gasteiger partial charge in [0, 0.05) is 6.04 Å². The normalized spacial score (nSPS) is 19.1. The van der Waals surface area contributed by atoms with Crippen LogP contribution in [0.4, 0.5) is 0 Å². The molecule has 0 saturated heterocycles. The van der Waals surface area contributed by atoms with Crippen molar-refractivity contribution in [1.29, 1.82) is 0 Å². The van der Waals surface area contributed by atoms with E-state index in [-0.39, 0.29) is 18.6 Å². The van der Waals surface area contributed by atoms with Crippen molar-refractivity contribution in [2.45, 2.75) is 51.2 Å². The van der Waals surface area contributed by atoms with Crippen LogP contribution in [0.2, 0.25) is 0 Å². The zero-order chi connectivity index (χ0) is 12.0. The lowest BCUT2D eigenvalue weighted by atomic mass is 9.95. The lowest BCUT2D eigenvalue weighted by molar-refractivity contribution is -0.150. The van der Waals surface area contributed by atoms with E-state index in [1.807, 2.05) is 0 Å². The quantitative estimate of drug-likeness (QED) is 0.735. The molecule has 5 nitrogen and oxygen atoms in total. The Hall–Kier alpha value is -1.10. The van der Waals surface area contributed by atoms with Crippen molar-refractivity contribution in [1.82, 2.24) is 5.32 Å². The maximum Gasteiger partial charge on any atom is 0.332 e. The molecular formula is C11H19NO4. The second kappa shape index (κ2) is 6.48. The Morgan fingerprint density at radius 3 is 2.56 bits per heavy atom. The summed E-state index contributed by atoms with van der Waals surface area (Å²) >= 11 is 0. The van der Waals surface area contributed by atoms with Gasteiger partial charge in [-0.1, -0.05) is 19.3 Å². The standard InChI is InChI=1S/C11H19NO4/c1-8(11(14)15)16-7-10(13)12-9-5-3-2-4-6-9/h8-9H,2-7H2,1H3,(H,12,13)(H,14,15)/t8-/m1/s1. The molecule has 1 amide bonds. The largest absolute Gasteiger partial charge is 0.479 e. The van der Waals surface area contributed by atoms with Gasteiger partial charge in [0.05, 0.1) is 0 Å². The zero-order valence-corrected chi connectivity index (χ0v) is 9.57. The number of hydrogen-bond donors (Lipinski definition) is 2. The van der Waals surface area contributed by atoms with Crippen LogP contribution in [0.15, 0.2) is 0 Å². The van der Waals surface area contributed by atoms with Crippen molar-refractivity contribution in [3.8, 4) is 0 Å². The minimum absolute atomic E-state index is 0.177. The van der Waals surface area contributed by atoms with Gasteiger partial charge in [0.15, 0.2) is 6.10 Å². The number of amides is 1. The molecule has 0 aromatic carbocycles. The number of nitrogens with one attached hydrogen (secondary N) is 1. The smallest absolute Gasteiger partial charge is 0.332 e. The Balaban J connectivity index is 2.17. The summed E-state index contributed by atoms with van der Waals surface area (Å²) in [6.07, 6.45) is 4.63. The highest BCUT2D eigenvalue weighted by Gasteiger charge is 2.17. The van der Waals surface area contributed by atoms with Gasteiger partial charge in [0.1, 0.15) is 6.61 Å². The van der Waals surface area contributed by atoms with E-state index in [0.29, 0.717) is 0 Å². The van der Waals surface area contributed by atoms with Gasteiger partial charge in [0.2, 0.25) is 5.91 Å². The van der Waals surface area contributed by atoms with Crippen molar-refractivity contribution in [3.63, 3.8) is 0 Å². The topological polar surface area (TPSA) is 75.6 Å². The average Bonchev–Trinajstić information content (AvgIpc) is 2.27. The molecule has 0 heterocycles. The van der Waals surface area contributed by atoms with Gasteiger partial charge in [-0.05, 0) is 19.8 Å². The summed E-state index contributed by atoms with van der Waals surface area (Å²) in [6, 6.07) is 0.241. The van der Waals surface area contributed by atoms with Crippen molar-refractivity contribution in [2.75, 3.05) is 6.61 Å². The Labute approximate surface area is 95.2 Å². The Morgan fingerprint density at radius 1 is 1.38 bits per heavy atom. The number of ether oxygens (including phenoxy) is 1. The van der Waals surface area contributed by atoms with Gasteiger partial charge < -0.3 is 15.2 Å². The second-order valence-corrected chi connectivity index (χ2v) is 4.19. The van der Waals surface area contributed by atoms with E-state index in [1.54, 1.807) is 0 Å². The molecule has 0 aromatic heterocycles. The number of carboxylic acid groups (broad SMARTS) is 1. The maximum absolute atomic E-state index is 11.4. The van der Waals surface area contributed by atoms with E-state index in [1.165, 1.54) is 13.3 Å². The lowest BCUT2D eigenvalue weighted by Crippen LogP contribution is -2.39. The molecule has 1 saturated carbocycles. The fraction of sp³-hybridized carbons (Fsp3) is 0.818. The molecule has 2 N–H and O–H groups in total. The van der Waals surface area contributed by atoms with Crippen LogP contribution in [0, 0.1) is 0 Å². The van der Waals surface area contributed by atoms with E-state index in [0.717, 1.165) is 25.7 Å². The molecule has 0 aromatic rings. The first-order valence-electron chi connectivity index (χ1n) is 5.73. The fourth-order valence-electron chi connectivity index (χ4n) is 1.79. The summed E-state index contributed by atoms with van der Waals surface area (Å²) < 4.78 is 4.90. The molecular weight excluding hydrogens is 210 g/mol. The van der Waals surface area contributed by atoms with Crippen LogP contribution in [-0.2, 0) is 14.3 Å². The van der Waals surface area contributed by atoms with Crippen molar-refractivity contribution in [3.05, 3.63) is 0 Å². The molecule has 16 heavy (non-hydrogen) atoms. The highest BCUT2D eigenvalue weighted by Crippen LogP contribution is 2.17. The summed E-state index contributed by atoms with van der Waals surface area (Å²) in [7, 11) is 0. The zero-order valence-electron chi connectivity index (χ0n) is 9.57. The highest BCUT2D eigenvalue weighted by atomic mass is 16.5. The molecule has 0 bridgehead atoms. The van der Waals surface area contributed by atoms with Crippen molar-refractivity contribution < 1.29 is 19.4 Å². The molecule has 0 aliphatic heterocycles. The minimum Gasteiger partial charge on any atom is -0.479 e. The van der Waals surface area contributed by atoms with E-state index in [4.69, 9.17) is 9.84 Å². The predicted octanol–water partition coefficient (Wildman–Crippen LogP) is 0.925. The number of carbonyl (C=O) groups excluding carboxylic acids is 1. The summed E-state index contributed by atoms with van der Waals surface area (Å²) in [5.41, 5.74) is 0. The van der Waals surface area contributed by atoms with Crippen LogP contribution < -0.4 is 5.32 Å². The Kier molecular flexibility index (Phi) is 5.25. The first kappa shape index (κ1) is 13.0. The highest BCUT2D eigenvalue weighted by molar-refractivity contribution is 5.78. The molecule has 5 heteroatoms. The third kappa shape index (κ3) is 4.61. The SMILES string of the molecule is C[C@@H](OCC(=O)NC1CCCCC1)C(=O)O. The van der Waals surface area contributed by atoms with Gasteiger partial charge in [-0.3, -0.25) is 4.79 Å². The van der Waals surface area contributed by atoms with Gasteiger partial charge in [-0.15, -0.1) is 0 Å². The maximum atomic E-state index is 11.4. The third-order valence-electron chi connectivity index (χ3n) is 2.78. The molecule has 1 fully saturated rings. The molecule has 0 unspecified atom stereocenters. The number of carboxylic acids is 1. The van der Waals surface area contributed by atoms with Crippen molar-refractivity contribution >= 4 is 11.9 Å². The Morgan fingerprint density at radius 2 is 2.00 bits per heavy atom.